The molecule has 0 aliphatic carbocycles. The van der Waals surface area contributed by atoms with Crippen molar-refractivity contribution in [3.8, 4) is 0 Å². The van der Waals surface area contributed by atoms with Crippen LogP contribution in [0.1, 0.15) is 34.9 Å². The number of aromatic nitrogens is 4. The molecule has 1 aliphatic rings. The van der Waals surface area contributed by atoms with Gasteiger partial charge in [-0.15, -0.1) is 0 Å². The molecule has 0 saturated carbocycles. The number of H-pyrrole nitrogens is 1. The first-order valence-electron chi connectivity index (χ1n) is 8.39. The molecule has 3 aromatic heterocycles. The minimum absolute atomic E-state index is 0.0601. The Morgan fingerprint density at radius 2 is 2.24 bits per heavy atom. The Morgan fingerprint density at radius 1 is 1.36 bits per heavy atom. The second kappa shape index (κ2) is 6.16. The molecule has 7 heteroatoms. The third-order valence-electron chi connectivity index (χ3n) is 4.70. The molecule has 0 aromatic carbocycles. The van der Waals surface area contributed by atoms with Gasteiger partial charge in [0.05, 0.1) is 0 Å². The lowest BCUT2D eigenvalue weighted by Crippen LogP contribution is -2.39. The number of hydrogen-bond donors (Lipinski definition) is 1. The fourth-order valence-corrected chi connectivity index (χ4v) is 3.44. The van der Waals surface area contributed by atoms with Gasteiger partial charge in [0.1, 0.15) is 11.2 Å². The first-order valence-corrected chi connectivity index (χ1v) is 8.39. The van der Waals surface area contributed by atoms with Gasteiger partial charge in [-0.3, -0.25) is 19.3 Å². The van der Waals surface area contributed by atoms with Crippen LogP contribution in [0.2, 0.25) is 0 Å². The molecule has 0 radical (unpaired) electrons. The van der Waals surface area contributed by atoms with E-state index in [9.17, 15) is 9.59 Å². The van der Waals surface area contributed by atoms with Gasteiger partial charge >= 0.3 is 0 Å². The zero-order chi connectivity index (χ0) is 17.4. The first kappa shape index (κ1) is 15.6. The lowest BCUT2D eigenvalue weighted by Gasteiger charge is -2.32. The lowest BCUT2D eigenvalue weighted by molar-refractivity contribution is 0.0699. The van der Waals surface area contributed by atoms with Crippen molar-refractivity contribution in [1.82, 2.24) is 24.6 Å². The minimum atomic E-state index is -0.179. The Hall–Kier alpha value is -2.96. The molecule has 7 nitrogen and oxygen atoms in total. The molecule has 0 bridgehead atoms. The molecular formula is C18H19N5O2. The number of amides is 1. The van der Waals surface area contributed by atoms with E-state index >= 15 is 0 Å². The molecule has 25 heavy (non-hydrogen) atoms. The Balaban J connectivity index is 1.61. The average molecular weight is 337 g/mol. The second-order valence-electron chi connectivity index (χ2n) is 6.46. The number of nitrogens with zero attached hydrogens (tertiary/aromatic N) is 4. The van der Waals surface area contributed by atoms with E-state index in [2.05, 4.69) is 15.1 Å². The van der Waals surface area contributed by atoms with E-state index in [-0.39, 0.29) is 17.4 Å². The minimum Gasteiger partial charge on any atom is -0.337 e. The van der Waals surface area contributed by atoms with Crippen molar-refractivity contribution in [3.05, 3.63) is 58.4 Å². The van der Waals surface area contributed by atoms with Crippen molar-refractivity contribution in [1.29, 1.82) is 0 Å². The van der Waals surface area contributed by atoms with Crippen molar-refractivity contribution < 1.29 is 4.79 Å². The third kappa shape index (κ3) is 2.93. The average Bonchev–Trinajstić information content (AvgIpc) is 3.07. The van der Waals surface area contributed by atoms with Crippen molar-refractivity contribution in [3.63, 3.8) is 0 Å². The molecule has 4 heterocycles. The van der Waals surface area contributed by atoms with Gasteiger partial charge < -0.3 is 9.88 Å². The van der Waals surface area contributed by atoms with Crippen LogP contribution in [-0.4, -0.2) is 43.6 Å². The maximum absolute atomic E-state index is 12.6. The number of likely N-dealkylation sites (tertiary alicyclic amines) is 1. The van der Waals surface area contributed by atoms with Crippen LogP contribution in [0, 0.1) is 0 Å². The van der Waals surface area contributed by atoms with Crippen molar-refractivity contribution in [2.24, 2.45) is 7.05 Å². The summed E-state index contributed by atoms with van der Waals surface area (Å²) in [6, 6.07) is 7.42. The SMILES string of the molecule is Cn1ccc(C(=O)N2CCC[C@H](c3cc4cccnc4c(=O)[nH]3)C2)n1. The Bertz CT molecular complexity index is 990. The molecular weight excluding hydrogens is 318 g/mol. The normalized spacial score (nSPS) is 17.8. The van der Waals surface area contributed by atoms with Gasteiger partial charge in [0.15, 0.2) is 0 Å². The first-order chi connectivity index (χ1) is 12.1. The molecule has 1 fully saturated rings. The molecule has 1 aliphatic heterocycles. The molecule has 0 unspecified atom stereocenters. The molecule has 3 aromatic rings. The number of pyridine rings is 2. The Kier molecular flexibility index (Phi) is 3.83. The number of carbonyl (C=O) groups excluding carboxylic acids is 1. The highest BCUT2D eigenvalue weighted by atomic mass is 16.2. The van der Waals surface area contributed by atoms with Gasteiger partial charge in [0.25, 0.3) is 11.5 Å². The number of aryl methyl sites for hydroxylation is 1. The third-order valence-corrected chi connectivity index (χ3v) is 4.70. The summed E-state index contributed by atoms with van der Waals surface area (Å²) < 4.78 is 1.63. The number of fused-ring (bicyclic) bond motifs is 1. The zero-order valence-electron chi connectivity index (χ0n) is 14.0. The fraction of sp³-hybridized carbons (Fsp3) is 0.333. The number of rotatable bonds is 2. The van der Waals surface area contributed by atoms with Gasteiger partial charge in [-0.2, -0.15) is 5.10 Å². The largest absolute Gasteiger partial charge is 0.337 e. The summed E-state index contributed by atoms with van der Waals surface area (Å²) >= 11 is 0. The second-order valence-corrected chi connectivity index (χ2v) is 6.46. The lowest BCUT2D eigenvalue weighted by atomic mass is 9.93. The predicted molar refractivity (Wildman–Crippen MR) is 93.5 cm³/mol. The van der Waals surface area contributed by atoms with Crippen LogP contribution < -0.4 is 5.56 Å². The van der Waals surface area contributed by atoms with E-state index in [1.54, 1.807) is 30.2 Å². The van der Waals surface area contributed by atoms with Crippen LogP contribution in [0.3, 0.4) is 0 Å². The van der Waals surface area contributed by atoms with Crippen LogP contribution in [0.4, 0.5) is 0 Å². The van der Waals surface area contributed by atoms with E-state index < -0.39 is 0 Å². The van der Waals surface area contributed by atoms with Gasteiger partial charge in [-0.25, -0.2) is 0 Å². The molecule has 128 valence electrons. The highest BCUT2D eigenvalue weighted by molar-refractivity contribution is 5.92. The summed E-state index contributed by atoms with van der Waals surface area (Å²) in [7, 11) is 1.80. The molecule has 1 amide bonds. The Labute approximate surface area is 144 Å². The maximum atomic E-state index is 12.6. The monoisotopic (exact) mass is 337 g/mol. The van der Waals surface area contributed by atoms with E-state index in [1.807, 2.05) is 23.1 Å². The van der Waals surface area contributed by atoms with Crippen LogP contribution in [-0.2, 0) is 7.05 Å². The van der Waals surface area contributed by atoms with Gasteiger partial charge in [-0.05, 0) is 31.0 Å². The van der Waals surface area contributed by atoms with E-state index in [4.69, 9.17) is 0 Å². The van der Waals surface area contributed by atoms with Crippen LogP contribution in [0.15, 0.2) is 41.5 Å². The summed E-state index contributed by atoms with van der Waals surface area (Å²) in [5.41, 5.74) is 1.59. The maximum Gasteiger partial charge on any atom is 0.274 e. The summed E-state index contributed by atoms with van der Waals surface area (Å²) in [5, 5.41) is 5.03. The number of nitrogens with one attached hydrogen (secondary N) is 1. The highest BCUT2D eigenvalue weighted by Gasteiger charge is 2.27. The molecule has 1 N–H and O–H groups in total. The molecule has 1 atom stereocenters. The Morgan fingerprint density at radius 3 is 3.04 bits per heavy atom. The summed E-state index contributed by atoms with van der Waals surface area (Å²) in [6.45, 7) is 1.29. The molecule has 4 rings (SSSR count). The predicted octanol–water partition coefficient (Wildman–Crippen LogP) is 1.68. The number of piperidine rings is 1. The molecule has 1 saturated heterocycles. The summed E-state index contributed by atoms with van der Waals surface area (Å²) in [5.74, 6) is 0.0498. The van der Waals surface area contributed by atoms with E-state index in [1.165, 1.54) is 0 Å². The van der Waals surface area contributed by atoms with E-state index in [0.29, 0.717) is 24.3 Å². The quantitative estimate of drug-likeness (QED) is 0.771. The van der Waals surface area contributed by atoms with Crippen molar-refractivity contribution in [2.75, 3.05) is 13.1 Å². The number of carbonyl (C=O) groups is 1. The molecule has 0 spiro atoms. The summed E-state index contributed by atoms with van der Waals surface area (Å²) in [4.78, 5) is 33.8. The van der Waals surface area contributed by atoms with Crippen LogP contribution in [0.25, 0.3) is 10.9 Å². The smallest absolute Gasteiger partial charge is 0.274 e. The van der Waals surface area contributed by atoms with Crippen LogP contribution in [0.5, 0.6) is 0 Å². The van der Waals surface area contributed by atoms with Gasteiger partial charge in [0, 0.05) is 49.5 Å². The van der Waals surface area contributed by atoms with Crippen LogP contribution >= 0.6 is 0 Å². The standard InChI is InChI=1S/C18H19N5O2/c1-22-9-6-14(21-22)18(25)23-8-3-5-13(11-23)15-10-12-4-2-7-19-16(12)17(24)20-15/h2,4,6-7,9-10,13H,3,5,8,11H2,1H3,(H,20,24)/t13-/m0/s1. The van der Waals surface area contributed by atoms with Gasteiger partial charge in [0.2, 0.25) is 0 Å². The van der Waals surface area contributed by atoms with E-state index in [0.717, 1.165) is 23.9 Å². The summed E-state index contributed by atoms with van der Waals surface area (Å²) in [6.07, 6.45) is 5.22. The fourth-order valence-electron chi connectivity index (χ4n) is 3.44. The number of aromatic amines is 1. The topological polar surface area (TPSA) is 83.9 Å². The zero-order valence-corrected chi connectivity index (χ0v) is 14.0. The van der Waals surface area contributed by atoms with Crippen molar-refractivity contribution >= 4 is 16.8 Å². The highest BCUT2D eigenvalue weighted by Crippen LogP contribution is 2.27. The van der Waals surface area contributed by atoms with Crippen molar-refractivity contribution in [2.45, 2.75) is 18.8 Å². The number of hydrogen-bond acceptors (Lipinski definition) is 4. The van der Waals surface area contributed by atoms with Gasteiger partial charge in [-0.1, -0.05) is 6.07 Å².